The number of aliphatic hydroxyl groups is 1. The van der Waals surface area contributed by atoms with Crippen LogP contribution in [0.4, 0.5) is 0 Å². The predicted octanol–water partition coefficient (Wildman–Crippen LogP) is 17.5. The standard InChI is InChI=1S/C64H111N2O6P/c1-6-8-10-12-14-16-18-20-21-22-23-24-25-26-27-28-29-30-31-32-33-34-35-36-37-38-39-40-41-42-43-44-45-46-48-50-52-54-56-58-64(68)65-62(61-72-73(69,70)71-60-59-66(3,4)5)63(67)57-55-53-51-49-47-19-17-15-13-11-9-7-2/h8,10,14,16,20-21,23-24,26-27,29-30,32-33,35-36,38-39,55,57,62-63,67H,6-7,9,11-13,15,17-19,22,25,28,31,34,37,40-54,56,58-61H2,1-5H3,(H-,65,68,69,70)/b10-8-,16-14-,21-20-,24-23-,27-26-,30-29-,33-32-,36-35-,39-38-,57-55+. The molecular formula is C64H111N2O6P. The first-order chi connectivity index (χ1) is 35.5. The van der Waals surface area contributed by atoms with E-state index in [1.165, 1.54) is 103 Å². The molecule has 0 aliphatic carbocycles. The first-order valence-corrected chi connectivity index (χ1v) is 30.9. The Morgan fingerprint density at radius 2 is 0.836 bits per heavy atom. The molecule has 3 unspecified atom stereocenters. The molecule has 0 aliphatic rings. The first kappa shape index (κ1) is 69.9. The Hall–Kier alpha value is -3.10. The molecule has 8 nitrogen and oxygen atoms in total. The minimum Gasteiger partial charge on any atom is -0.756 e. The highest BCUT2D eigenvalue weighted by Crippen LogP contribution is 2.38. The number of carbonyl (C=O) groups excluding carboxylic acids is 1. The average Bonchev–Trinajstić information content (AvgIpc) is 3.35. The normalized spacial score (nSPS) is 14.8. The van der Waals surface area contributed by atoms with Crippen LogP contribution in [-0.4, -0.2) is 68.5 Å². The third kappa shape index (κ3) is 56.5. The van der Waals surface area contributed by atoms with Gasteiger partial charge in [-0.1, -0.05) is 251 Å². The summed E-state index contributed by atoms with van der Waals surface area (Å²) < 4.78 is 23.3. The van der Waals surface area contributed by atoms with Crippen molar-refractivity contribution in [2.24, 2.45) is 0 Å². The highest BCUT2D eigenvalue weighted by molar-refractivity contribution is 7.45. The van der Waals surface area contributed by atoms with Gasteiger partial charge in [-0.3, -0.25) is 9.36 Å². The second-order valence-electron chi connectivity index (χ2n) is 20.6. The van der Waals surface area contributed by atoms with Gasteiger partial charge in [0.1, 0.15) is 13.2 Å². The highest BCUT2D eigenvalue weighted by Gasteiger charge is 2.23. The largest absolute Gasteiger partial charge is 0.756 e. The Balaban J connectivity index is 4.07. The van der Waals surface area contributed by atoms with E-state index in [2.05, 4.69) is 129 Å². The number of nitrogens with one attached hydrogen (secondary N) is 1. The van der Waals surface area contributed by atoms with Crippen LogP contribution in [0.5, 0.6) is 0 Å². The number of hydrogen-bond acceptors (Lipinski definition) is 6. The second-order valence-corrected chi connectivity index (χ2v) is 22.0. The van der Waals surface area contributed by atoms with Crippen LogP contribution in [0.15, 0.2) is 122 Å². The van der Waals surface area contributed by atoms with Gasteiger partial charge in [-0.05, 0) is 89.9 Å². The molecule has 0 spiro atoms. The molecule has 0 aromatic heterocycles. The lowest BCUT2D eigenvalue weighted by Crippen LogP contribution is -2.45. The van der Waals surface area contributed by atoms with Gasteiger partial charge in [-0.25, -0.2) is 0 Å². The molecule has 0 bridgehead atoms. The van der Waals surface area contributed by atoms with E-state index in [-0.39, 0.29) is 19.1 Å². The van der Waals surface area contributed by atoms with Gasteiger partial charge >= 0.3 is 0 Å². The summed E-state index contributed by atoms with van der Waals surface area (Å²) >= 11 is 0. The molecule has 0 aromatic carbocycles. The maximum absolute atomic E-state index is 12.9. The third-order valence-electron chi connectivity index (χ3n) is 12.4. The number of allylic oxidation sites excluding steroid dienone is 19. The smallest absolute Gasteiger partial charge is 0.268 e. The Morgan fingerprint density at radius 1 is 0.493 bits per heavy atom. The van der Waals surface area contributed by atoms with Crippen molar-refractivity contribution in [1.82, 2.24) is 5.32 Å². The minimum atomic E-state index is -4.60. The summed E-state index contributed by atoms with van der Waals surface area (Å²) in [5.41, 5.74) is 0. The van der Waals surface area contributed by atoms with E-state index in [4.69, 9.17) is 9.05 Å². The summed E-state index contributed by atoms with van der Waals surface area (Å²) in [5.74, 6) is -0.206. The SMILES string of the molecule is CC/C=C\C/C=C\C/C=C\C/C=C\C/C=C\C/C=C\C/C=C\C/C=C\C/C=C\CCCCCCCCCCCCCC(=O)NC(COP(=O)([O-])OCC[N+](C)(C)C)C(O)/C=C/CCCCCCCCCCCC. The zero-order valence-corrected chi connectivity index (χ0v) is 48.4. The van der Waals surface area contributed by atoms with Gasteiger partial charge in [0.25, 0.3) is 7.82 Å². The summed E-state index contributed by atoms with van der Waals surface area (Å²) in [7, 11) is 1.25. The van der Waals surface area contributed by atoms with Crippen LogP contribution in [0.2, 0.25) is 0 Å². The summed E-state index contributed by atoms with van der Waals surface area (Å²) in [6.45, 7) is 4.51. The summed E-state index contributed by atoms with van der Waals surface area (Å²) in [6, 6.07) is -0.894. The van der Waals surface area contributed by atoms with Crippen molar-refractivity contribution in [3.8, 4) is 0 Å². The average molecular weight is 1040 g/mol. The number of nitrogens with zero attached hydrogens (tertiary/aromatic N) is 1. The zero-order valence-electron chi connectivity index (χ0n) is 47.5. The van der Waals surface area contributed by atoms with Gasteiger partial charge in [-0.2, -0.15) is 0 Å². The van der Waals surface area contributed by atoms with Crippen LogP contribution < -0.4 is 10.2 Å². The van der Waals surface area contributed by atoms with Crippen molar-refractivity contribution in [2.75, 3.05) is 40.9 Å². The topological polar surface area (TPSA) is 108 Å². The third-order valence-corrected chi connectivity index (χ3v) is 13.4. The molecule has 9 heteroatoms. The molecule has 3 atom stereocenters. The molecule has 0 rings (SSSR count). The maximum atomic E-state index is 12.9. The Bertz CT molecular complexity index is 1600. The van der Waals surface area contributed by atoms with Crippen LogP contribution in [0.1, 0.15) is 226 Å². The van der Waals surface area contributed by atoms with E-state index < -0.39 is 20.0 Å². The van der Waals surface area contributed by atoms with Crippen LogP contribution >= 0.6 is 7.82 Å². The second kappa shape index (κ2) is 53.7. The summed E-state index contributed by atoms with van der Waals surface area (Å²) in [5, 5.41) is 13.8. The van der Waals surface area contributed by atoms with Crippen molar-refractivity contribution < 1.29 is 32.9 Å². The number of quaternary nitrogens is 1. The van der Waals surface area contributed by atoms with Crippen molar-refractivity contribution in [3.63, 3.8) is 0 Å². The molecular weight excluding hydrogens is 924 g/mol. The predicted molar refractivity (Wildman–Crippen MR) is 315 cm³/mol. The van der Waals surface area contributed by atoms with Crippen LogP contribution in [-0.2, 0) is 18.4 Å². The lowest BCUT2D eigenvalue weighted by Gasteiger charge is -2.29. The van der Waals surface area contributed by atoms with Crippen molar-refractivity contribution in [3.05, 3.63) is 122 Å². The fourth-order valence-electron chi connectivity index (χ4n) is 7.85. The molecule has 0 saturated heterocycles. The van der Waals surface area contributed by atoms with E-state index in [9.17, 15) is 19.4 Å². The van der Waals surface area contributed by atoms with Gasteiger partial charge in [-0.15, -0.1) is 0 Å². The minimum absolute atomic E-state index is 0.00652. The van der Waals surface area contributed by atoms with E-state index in [1.807, 2.05) is 27.2 Å². The van der Waals surface area contributed by atoms with Crippen LogP contribution in [0.3, 0.4) is 0 Å². The summed E-state index contributed by atoms with van der Waals surface area (Å²) in [6.07, 6.45) is 80.0. The number of phosphoric ester groups is 1. The van der Waals surface area contributed by atoms with Crippen LogP contribution in [0, 0.1) is 0 Å². The molecule has 0 saturated carbocycles. The number of rotatable bonds is 52. The lowest BCUT2D eigenvalue weighted by atomic mass is 10.0. The van der Waals surface area contributed by atoms with Crippen molar-refractivity contribution in [1.29, 1.82) is 0 Å². The number of aliphatic hydroxyl groups excluding tert-OH is 1. The monoisotopic (exact) mass is 1030 g/mol. The lowest BCUT2D eigenvalue weighted by molar-refractivity contribution is -0.870. The van der Waals surface area contributed by atoms with E-state index in [1.54, 1.807) is 6.08 Å². The number of phosphoric acid groups is 1. The van der Waals surface area contributed by atoms with E-state index in [0.717, 1.165) is 103 Å². The van der Waals surface area contributed by atoms with Gasteiger partial charge < -0.3 is 28.8 Å². The maximum Gasteiger partial charge on any atom is 0.268 e. The molecule has 0 aliphatic heterocycles. The van der Waals surface area contributed by atoms with Crippen LogP contribution in [0.25, 0.3) is 0 Å². The Labute approximate surface area is 450 Å². The molecule has 0 heterocycles. The molecule has 73 heavy (non-hydrogen) atoms. The molecule has 418 valence electrons. The van der Waals surface area contributed by atoms with Gasteiger partial charge in [0.05, 0.1) is 39.9 Å². The number of hydrogen-bond donors (Lipinski definition) is 2. The van der Waals surface area contributed by atoms with E-state index in [0.29, 0.717) is 17.4 Å². The van der Waals surface area contributed by atoms with Gasteiger partial charge in [0, 0.05) is 6.42 Å². The van der Waals surface area contributed by atoms with Crippen molar-refractivity contribution >= 4 is 13.7 Å². The quantitative estimate of drug-likeness (QED) is 0.0272. The molecule has 1 amide bonds. The molecule has 0 aromatic rings. The number of carbonyl (C=O) groups is 1. The first-order valence-electron chi connectivity index (χ1n) is 29.4. The summed E-state index contributed by atoms with van der Waals surface area (Å²) in [4.78, 5) is 25.4. The molecule has 0 radical (unpaired) electrons. The van der Waals surface area contributed by atoms with E-state index >= 15 is 0 Å². The fraction of sp³-hybridized carbons (Fsp3) is 0.672. The van der Waals surface area contributed by atoms with Crippen molar-refractivity contribution in [2.45, 2.75) is 238 Å². The molecule has 2 N–H and O–H groups in total. The fourth-order valence-corrected chi connectivity index (χ4v) is 8.57. The number of unbranched alkanes of at least 4 members (excludes halogenated alkanes) is 21. The Morgan fingerprint density at radius 3 is 1.22 bits per heavy atom. The molecule has 0 fully saturated rings. The van der Waals surface area contributed by atoms with Gasteiger partial charge in [0.15, 0.2) is 0 Å². The zero-order chi connectivity index (χ0) is 53.5. The Kier molecular flexibility index (Phi) is 51.4. The highest BCUT2D eigenvalue weighted by atomic mass is 31.2. The number of amides is 1. The van der Waals surface area contributed by atoms with Gasteiger partial charge in [0.2, 0.25) is 5.91 Å². The number of likely N-dealkylation sites (N-methyl/N-ethyl adjacent to an activating group) is 1.